The van der Waals surface area contributed by atoms with Gasteiger partial charge in [-0.05, 0) is 37.8 Å². The summed E-state index contributed by atoms with van der Waals surface area (Å²) in [6.07, 6.45) is 3.42. The summed E-state index contributed by atoms with van der Waals surface area (Å²) in [5.74, 6) is 0.478. The number of hydrogen-bond acceptors (Lipinski definition) is 1. The van der Waals surface area contributed by atoms with Crippen molar-refractivity contribution in [3.05, 3.63) is 40.8 Å². The average Bonchev–Trinajstić information content (AvgIpc) is 2.34. The SMILES string of the molecule is CCCC/C(=C/S(=O)c1ccc(C)cc1)C(C)C. The highest BCUT2D eigenvalue weighted by molar-refractivity contribution is 7.88. The topological polar surface area (TPSA) is 17.1 Å². The molecule has 2 heteroatoms. The minimum atomic E-state index is -1.01. The first kappa shape index (κ1) is 15.2. The van der Waals surface area contributed by atoms with Crippen molar-refractivity contribution < 1.29 is 4.21 Å². The van der Waals surface area contributed by atoms with Crippen molar-refractivity contribution in [1.29, 1.82) is 0 Å². The lowest BCUT2D eigenvalue weighted by atomic mass is 10.00. The normalized spacial score (nSPS) is 13.9. The Kier molecular flexibility index (Phi) is 6.34. The fourth-order valence-electron chi connectivity index (χ4n) is 1.74. The second kappa shape index (κ2) is 7.52. The van der Waals surface area contributed by atoms with Gasteiger partial charge in [-0.15, -0.1) is 0 Å². The molecule has 1 nitrogen and oxygen atoms in total. The lowest BCUT2D eigenvalue weighted by Gasteiger charge is -2.10. The Balaban J connectivity index is 2.83. The maximum absolute atomic E-state index is 12.3. The van der Waals surface area contributed by atoms with E-state index in [1.54, 1.807) is 0 Å². The van der Waals surface area contributed by atoms with Crippen molar-refractivity contribution in [3.8, 4) is 0 Å². The van der Waals surface area contributed by atoms with Crippen LogP contribution in [0, 0.1) is 12.8 Å². The van der Waals surface area contributed by atoms with E-state index in [1.807, 2.05) is 36.6 Å². The zero-order chi connectivity index (χ0) is 13.5. The Morgan fingerprint density at radius 1 is 1.28 bits per heavy atom. The second-order valence-electron chi connectivity index (χ2n) is 5.06. The van der Waals surface area contributed by atoms with E-state index in [0.717, 1.165) is 11.3 Å². The van der Waals surface area contributed by atoms with Crippen LogP contribution in [0.15, 0.2) is 40.1 Å². The first-order chi connectivity index (χ1) is 8.54. The van der Waals surface area contributed by atoms with E-state index >= 15 is 0 Å². The van der Waals surface area contributed by atoms with Crippen LogP contribution in [-0.4, -0.2) is 4.21 Å². The molecule has 0 saturated carbocycles. The van der Waals surface area contributed by atoms with Crippen LogP contribution in [-0.2, 0) is 10.8 Å². The zero-order valence-corrected chi connectivity index (χ0v) is 12.7. The Hall–Kier alpha value is -0.890. The highest BCUT2D eigenvalue weighted by Crippen LogP contribution is 2.20. The van der Waals surface area contributed by atoms with E-state index in [2.05, 4.69) is 20.8 Å². The van der Waals surface area contributed by atoms with Gasteiger partial charge in [0.15, 0.2) is 0 Å². The third-order valence-electron chi connectivity index (χ3n) is 3.07. The zero-order valence-electron chi connectivity index (χ0n) is 11.9. The van der Waals surface area contributed by atoms with Gasteiger partial charge in [0.2, 0.25) is 0 Å². The van der Waals surface area contributed by atoms with Gasteiger partial charge in [0, 0.05) is 10.3 Å². The maximum Gasteiger partial charge on any atom is 0.0775 e. The number of rotatable bonds is 6. The van der Waals surface area contributed by atoms with E-state index in [0.29, 0.717) is 5.92 Å². The molecule has 1 aromatic rings. The van der Waals surface area contributed by atoms with Gasteiger partial charge >= 0.3 is 0 Å². The maximum atomic E-state index is 12.3. The van der Waals surface area contributed by atoms with Crippen LogP contribution in [0.5, 0.6) is 0 Å². The molecule has 0 aliphatic carbocycles. The number of benzene rings is 1. The molecular weight excluding hydrogens is 240 g/mol. The van der Waals surface area contributed by atoms with Crippen molar-refractivity contribution in [2.45, 2.75) is 51.9 Å². The summed E-state index contributed by atoms with van der Waals surface area (Å²) in [7, 11) is -1.01. The van der Waals surface area contributed by atoms with Gasteiger partial charge in [-0.2, -0.15) is 0 Å². The molecule has 0 bridgehead atoms. The molecule has 1 unspecified atom stereocenters. The summed E-state index contributed by atoms with van der Waals surface area (Å²) >= 11 is 0. The van der Waals surface area contributed by atoms with Gasteiger partial charge in [0.05, 0.1) is 10.8 Å². The molecule has 0 N–H and O–H groups in total. The standard InChI is InChI=1S/C16H24OS/c1-5-6-7-15(13(2)3)12-18(17)16-10-8-14(4)9-11-16/h8-13H,5-7H2,1-4H3/b15-12-. The van der Waals surface area contributed by atoms with Crippen molar-refractivity contribution in [3.63, 3.8) is 0 Å². The van der Waals surface area contributed by atoms with Gasteiger partial charge in [-0.1, -0.05) is 50.5 Å². The third kappa shape index (κ3) is 4.77. The first-order valence-corrected chi connectivity index (χ1v) is 7.93. The monoisotopic (exact) mass is 264 g/mol. The molecule has 1 atom stereocenters. The van der Waals surface area contributed by atoms with Crippen molar-refractivity contribution in [2.75, 3.05) is 0 Å². The number of aryl methyl sites for hydroxylation is 1. The smallest absolute Gasteiger partial charge is 0.0775 e. The van der Waals surface area contributed by atoms with Crippen molar-refractivity contribution >= 4 is 10.8 Å². The fourth-order valence-corrected chi connectivity index (χ4v) is 2.95. The number of unbranched alkanes of at least 4 members (excludes halogenated alkanes) is 1. The van der Waals surface area contributed by atoms with Crippen LogP contribution >= 0.6 is 0 Å². The van der Waals surface area contributed by atoms with E-state index in [-0.39, 0.29) is 0 Å². The summed E-state index contributed by atoms with van der Waals surface area (Å²) in [6, 6.07) is 7.95. The predicted molar refractivity (Wildman–Crippen MR) is 80.0 cm³/mol. The highest BCUT2D eigenvalue weighted by atomic mass is 32.2. The van der Waals surface area contributed by atoms with Gasteiger partial charge in [0.25, 0.3) is 0 Å². The summed E-state index contributed by atoms with van der Waals surface area (Å²) in [6.45, 7) is 8.58. The van der Waals surface area contributed by atoms with Crippen LogP contribution in [0.3, 0.4) is 0 Å². The van der Waals surface area contributed by atoms with E-state index in [9.17, 15) is 4.21 Å². The molecule has 0 saturated heterocycles. The van der Waals surface area contributed by atoms with Crippen molar-refractivity contribution in [1.82, 2.24) is 0 Å². The molecule has 1 rings (SSSR count). The van der Waals surface area contributed by atoms with Crippen molar-refractivity contribution in [2.24, 2.45) is 5.92 Å². The molecule has 0 aliphatic rings. The van der Waals surface area contributed by atoms with Crippen LogP contribution < -0.4 is 0 Å². The summed E-state index contributed by atoms with van der Waals surface area (Å²) < 4.78 is 12.3. The second-order valence-corrected chi connectivity index (χ2v) is 6.36. The van der Waals surface area contributed by atoms with Gasteiger partial charge in [-0.25, -0.2) is 4.21 Å². The quantitative estimate of drug-likeness (QED) is 0.719. The molecule has 0 aliphatic heterocycles. The molecular formula is C16H24OS. The van der Waals surface area contributed by atoms with E-state index < -0.39 is 10.8 Å². The van der Waals surface area contributed by atoms with E-state index in [4.69, 9.17) is 0 Å². The molecule has 0 aromatic heterocycles. The van der Waals surface area contributed by atoms with Crippen LogP contribution in [0.2, 0.25) is 0 Å². The molecule has 0 spiro atoms. The predicted octanol–water partition coefficient (Wildman–Crippen LogP) is 4.83. The lowest BCUT2D eigenvalue weighted by molar-refractivity contribution is 0.670. The van der Waals surface area contributed by atoms with Crippen LogP contribution in [0.1, 0.15) is 45.6 Å². The Morgan fingerprint density at radius 2 is 1.89 bits per heavy atom. The fraction of sp³-hybridized carbons (Fsp3) is 0.500. The van der Waals surface area contributed by atoms with Gasteiger partial charge < -0.3 is 0 Å². The molecule has 100 valence electrons. The highest BCUT2D eigenvalue weighted by Gasteiger charge is 2.07. The minimum Gasteiger partial charge on any atom is -0.250 e. The average molecular weight is 264 g/mol. The van der Waals surface area contributed by atoms with Gasteiger partial charge in [0.1, 0.15) is 0 Å². The number of allylic oxidation sites excluding steroid dienone is 1. The molecule has 0 heterocycles. The molecule has 0 amide bonds. The van der Waals surface area contributed by atoms with E-state index in [1.165, 1.54) is 24.0 Å². The first-order valence-electron chi connectivity index (χ1n) is 6.72. The molecule has 0 radical (unpaired) electrons. The Bertz CT molecular complexity index is 415. The Labute approximate surface area is 114 Å². The van der Waals surface area contributed by atoms with Gasteiger partial charge in [-0.3, -0.25) is 0 Å². The third-order valence-corrected chi connectivity index (χ3v) is 4.33. The number of hydrogen-bond donors (Lipinski definition) is 0. The van der Waals surface area contributed by atoms with Crippen LogP contribution in [0.4, 0.5) is 0 Å². The Morgan fingerprint density at radius 3 is 2.39 bits per heavy atom. The lowest BCUT2D eigenvalue weighted by Crippen LogP contribution is -1.97. The summed E-state index contributed by atoms with van der Waals surface area (Å²) in [4.78, 5) is 0.898. The molecule has 0 fully saturated rings. The summed E-state index contributed by atoms with van der Waals surface area (Å²) in [5.41, 5.74) is 2.52. The summed E-state index contributed by atoms with van der Waals surface area (Å²) in [5, 5.41) is 1.95. The largest absolute Gasteiger partial charge is 0.250 e. The molecule has 1 aromatic carbocycles. The van der Waals surface area contributed by atoms with Crippen LogP contribution in [0.25, 0.3) is 0 Å². The minimum absolute atomic E-state index is 0.478. The molecule has 18 heavy (non-hydrogen) atoms.